The lowest BCUT2D eigenvalue weighted by Crippen LogP contribution is -2.44. The Morgan fingerprint density at radius 2 is 2.27 bits per heavy atom. The summed E-state index contributed by atoms with van der Waals surface area (Å²) in [4.78, 5) is 14.4. The van der Waals surface area contributed by atoms with Crippen molar-refractivity contribution in [3.8, 4) is 5.75 Å². The van der Waals surface area contributed by atoms with Gasteiger partial charge in [-0.05, 0) is 50.4 Å². The monoisotopic (exact) mass is 302 g/mol. The second kappa shape index (κ2) is 6.29. The van der Waals surface area contributed by atoms with E-state index in [9.17, 15) is 4.79 Å². The van der Waals surface area contributed by atoms with Crippen molar-refractivity contribution in [1.29, 1.82) is 0 Å². The van der Waals surface area contributed by atoms with E-state index in [0.29, 0.717) is 12.6 Å². The van der Waals surface area contributed by atoms with E-state index in [1.54, 1.807) is 0 Å². The topological polar surface area (TPSA) is 41.6 Å². The van der Waals surface area contributed by atoms with Crippen LogP contribution in [-0.4, -0.2) is 31.1 Å². The Hall–Kier alpha value is -1.55. The van der Waals surface area contributed by atoms with Crippen molar-refractivity contribution in [3.05, 3.63) is 23.8 Å². The minimum atomic E-state index is -0.00157. The second-order valence-corrected chi connectivity index (χ2v) is 6.83. The highest BCUT2D eigenvalue weighted by Crippen LogP contribution is 2.35. The van der Waals surface area contributed by atoms with Gasteiger partial charge in [0.2, 0.25) is 5.91 Å². The zero-order valence-electron chi connectivity index (χ0n) is 13.8. The fraction of sp³-hybridized carbons (Fsp3) is 0.611. The fourth-order valence-corrected chi connectivity index (χ4v) is 3.35. The Balaban J connectivity index is 1.86. The van der Waals surface area contributed by atoms with Gasteiger partial charge in [0.1, 0.15) is 11.9 Å². The average Bonchev–Trinajstić information content (AvgIpc) is 2.99. The average molecular weight is 302 g/mol. The molecule has 0 radical (unpaired) electrons. The summed E-state index contributed by atoms with van der Waals surface area (Å²) in [5.41, 5.74) is 2.21. The molecule has 2 heterocycles. The summed E-state index contributed by atoms with van der Waals surface area (Å²) in [6.45, 7) is 7.67. The van der Waals surface area contributed by atoms with Crippen LogP contribution in [0.1, 0.15) is 39.2 Å². The first-order valence-corrected chi connectivity index (χ1v) is 8.39. The molecule has 0 bridgehead atoms. The normalized spacial score (nSPS) is 24.3. The lowest BCUT2D eigenvalue weighted by molar-refractivity contribution is -0.121. The van der Waals surface area contributed by atoms with Crippen molar-refractivity contribution in [2.24, 2.45) is 5.92 Å². The van der Waals surface area contributed by atoms with Crippen molar-refractivity contribution < 1.29 is 9.53 Å². The standard InChI is InChI=1S/C18H26N2O2/c1-12(2)18(21)20-11-13(3)22-17-7-6-14(10-16(17)20)9-15-5-4-8-19-15/h6-7,10,12-13,15,19H,4-5,8-9,11H2,1-3H3. The van der Waals surface area contributed by atoms with Crippen LogP contribution in [-0.2, 0) is 11.2 Å². The molecule has 1 aromatic carbocycles. The van der Waals surface area contributed by atoms with Gasteiger partial charge in [-0.3, -0.25) is 4.79 Å². The van der Waals surface area contributed by atoms with E-state index in [1.165, 1.54) is 18.4 Å². The lowest BCUT2D eigenvalue weighted by atomic mass is 10.0. The maximum absolute atomic E-state index is 12.5. The number of anilines is 1. The Morgan fingerprint density at radius 3 is 2.95 bits per heavy atom. The first-order valence-electron chi connectivity index (χ1n) is 8.39. The van der Waals surface area contributed by atoms with Crippen LogP contribution in [0.5, 0.6) is 5.75 Å². The Labute approximate surface area is 132 Å². The number of nitrogens with zero attached hydrogens (tertiary/aromatic N) is 1. The summed E-state index contributed by atoms with van der Waals surface area (Å²) in [6, 6.07) is 6.86. The first-order chi connectivity index (χ1) is 10.5. The van der Waals surface area contributed by atoms with Gasteiger partial charge in [-0.2, -0.15) is 0 Å². The van der Waals surface area contributed by atoms with Crippen LogP contribution in [0.15, 0.2) is 18.2 Å². The van der Waals surface area contributed by atoms with Gasteiger partial charge in [-0.25, -0.2) is 0 Å². The molecule has 1 N–H and O–H groups in total. The molecule has 3 rings (SSSR count). The van der Waals surface area contributed by atoms with E-state index in [1.807, 2.05) is 31.7 Å². The third-order valence-electron chi connectivity index (χ3n) is 4.49. The van der Waals surface area contributed by atoms with Gasteiger partial charge in [0.05, 0.1) is 12.2 Å². The predicted octanol–water partition coefficient (Wildman–Crippen LogP) is 2.75. The third-order valence-corrected chi connectivity index (χ3v) is 4.49. The van der Waals surface area contributed by atoms with E-state index in [0.717, 1.165) is 24.4 Å². The lowest BCUT2D eigenvalue weighted by Gasteiger charge is -2.35. The van der Waals surface area contributed by atoms with Crippen LogP contribution in [0.3, 0.4) is 0 Å². The van der Waals surface area contributed by atoms with E-state index >= 15 is 0 Å². The number of nitrogens with one attached hydrogen (secondary N) is 1. The van der Waals surface area contributed by atoms with Crippen molar-refractivity contribution in [2.75, 3.05) is 18.0 Å². The molecule has 2 aliphatic rings. The zero-order chi connectivity index (χ0) is 15.7. The Kier molecular flexibility index (Phi) is 4.39. The molecule has 0 spiro atoms. The number of carbonyl (C=O) groups excluding carboxylic acids is 1. The maximum atomic E-state index is 12.5. The van der Waals surface area contributed by atoms with Crippen molar-refractivity contribution in [2.45, 2.75) is 52.2 Å². The van der Waals surface area contributed by atoms with Crippen molar-refractivity contribution >= 4 is 11.6 Å². The number of fused-ring (bicyclic) bond motifs is 1. The fourth-order valence-electron chi connectivity index (χ4n) is 3.35. The summed E-state index contributed by atoms with van der Waals surface area (Å²) >= 11 is 0. The van der Waals surface area contributed by atoms with Gasteiger partial charge < -0.3 is 15.0 Å². The molecule has 1 aromatic rings. The third kappa shape index (κ3) is 3.12. The molecule has 4 heteroatoms. The quantitative estimate of drug-likeness (QED) is 0.933. The Morgan fingerprint density at radius 1 is 1.45 bits per heavy atom. The van der Waals surface area contributed by atoms with E-state index in [2.05, 4.69) is 17.4 Å². The van der Waals surface area contributed by atoms with Gasteiger partial charge >= 0.3 is 0 Å². The molecule has 4 nitrogen and oxygen atoms in total. The maximum Gasteiger partial charge on any atom is 0.229 e. The summed E-state index contributed by atoms with van der Waals surface area (Å²) < 4.78 is 5.91. The van der Waals surface area contributed by atoms with Crippen molar-refractivity contribution in [3.63, 3.8) is 0 Å². The Bertz CT molecular complexity index is 550. The molecule has 2 aliphatic heterocycles. The van der Waals surface area contributed by atoms with E-state index < -0.39 is 0 Å². The highest BCUT2D eigenvalue weighted by Gasteiger charge is 2.29. The second-order valence-electron chi connectivity index (χ2n) is 6.83. The number of benzene rings is 1. The van der Waals surface area contributed by atoms with Crippen LogP contribution < -0.4 is 15.0 Å². The molecular weight excluding hydrogens is 276 g/mol. The minimum absolute atomic E-state index is 0.00157. The molecule has 1 amide bonds. The van der Waals surface area contributed by atoms with Crippen LogP contribution in [0.25, 0.3) is 0 Å². The van der Waals surface area contributed by atoms with Crippen LogP contribution in [0.4, 0.5) is 5.69 Å². The molecule has 2 atom stereocenters. The van der Waals surface area contributed by atoms with E-state index in [-0.39, 0.29) is 17.9 Å². The summed E-state index contributed by atoms with van der Waals surface area (Å²) in [6.07, 6.45) is 3.55. The smallest absolute Gasteiger partial charge is 0.229 e. The summed E-state index contributed by atoms with van der Waals surface area (Å²) in [7, 11) is 0. The first kappa shape index (κ1) is 15.3. The number of rotatable bonds is 3. The molecule has 0 aliphatic carbocycles. The van der Waals surface area contributed by atoms with Gasteiger partial charge in [0.25, 0.3) is 0 Å². The molecule has 2 unspecified atom stereocenters. The zero-order valence-corrected chi connectivity index (χ0v) is 13.8. The van der Waals surface area contributed by atoms with Gasteiger partial charge in [0.15, 0.2) is 0 Å². The van der Waals surface area contributed by atoms with Gasteiger partial charge in [0, 0.05) is 12.0 Å². The number of hydrogen-bond acceptors (Lipinski definition) is 3. The largest absolute Gasteiger partial charge is 0.487 e. The highest BCUT2D eigenvalue weighted by atomic mass is 16.5. The van der Waals surface area contributed by atoms with Crippen molar-refractivity contribution in [1.82, 2.24) is 5.32 Å². The number of hydrogen-bond donors (Lipinski definition) is 1. The number of amides is 1. The number of ether oxygens (including phenoxy) is 1. The molecule has 22 heavy (non-hydrogen) atoms. The molecule has 0 aromatic heterocycles. The van der Waals surface area contributed by atoms with Crippen LogP contribution >= 0.6 is 0 Å². The predicted molar refractivity (Wildman–Crippen MR) is 88.5 cm³/mol. The van der Waals surface area contributed by atoms with Gasteiger partial charge in [-0.15, -0.1) is 0 Å². The highest BCUT2D eigenvalue weighted by molar-refractivity contribution is 5.96. The molecule has 1 saturated heterocycles. The van der Waals surface area contributed by atoms with Crippen LogP contribution in [0.2, 0.25) is 0 Å². The summed E-state index contributed by atoms with van der Waals surface area (Å²) in [5, 5.41) is 3.53. The molecule has 1 fully saturated rings. The molecular formula is C18H26N2O2. The minimum Gasteiger partial charge on any atom is -0.487 e. The number of carbonyl (C=O) groups is 1. The van der Waals surface area contributed by atoms with Gasteiger partial charge in [-0.1, -0.05) is 19.9 Å². The SMILES string of the molecule is CC1CN(C(=O)C(C)C)c2cc(CC3CCCN3)ccc2O1. The summed E-state index contributed by atoms with van der Waals surface area (Å²) in [5.74, 6) is 1.00. The molecule has 120 valence electrons. The van der Waals surface area contributed by atoms with E-state index in [4.69, 9.17) is 4.74 Å². The van der Waals surface area contributed by atoms with Crippen LogP contribution in [0, 0.1) is 5.92 Å². The molecule has 0 saturated carbocycles.